The number of nitrogens with two attached hydrogens (primary N) is 1. The van der Waals surface area contributed by atoms with Gasteiger partial charge in [0.05, 0.1) is 17.6 Å². The minimum Gasteiger partial charge on any atom is -0.508 e. The third-order valence-electron chi connectivity index (χ3n) is 3.90. The van der Waals surface area contributed by atoms with Crippen LogP contribution in [0.25, 0.3) is 0 Å². The largest absolute Gasteiger partial charge is 0.508 e. The van der Waals surface area contributed by atoms with E-state index in [4.69, 9.17) is 15.0 Å². The van der Waals surface area contributed by atoms with Gasteiger partial charge in [0.15, 0.2) is 0 Å². The number of hydrogen-bond acceptors (Lipinski definition) is 4. The highest BCUT2D eigenvalue weighted by Gasteiger charge is 2.51. The number of amides is 1. The molecule has 1 saturated heterocycles. The van der Waals surface area contributed by atoms with E-state index < -0.39 is 24.2 Å². The average molecular weight is 277 g/mol. The van der Waals surface area contributed by atoms with Crippen LogP contribution in [0.2, 0.25) is 0 Å². The zero-order chi connectivity index (χ0) is 15.1. The molecule has 1 aliphatic heterocycles. The molecule has 1 aromatic rings. The molecular weight excluding hydrogens is 257 g/mol. The molecule has 1 heterocycles. The summed E-state index contributed by atoms with van der Waals surface area (Å²) in [6.07, 6.45) is 0.0703. The minimum absolute atomic E-state index is 0.0634. The molecule has 0 bridgehead atoms. The van der Waals surface area contributed by atoms with Gasteiger partial charge in [0.2, 0.25) is 5.91 Å². The van der Waals surface area contributed by atoms with Gasteiger partial charge in [-0.25, -0.2) is 0 Å². The second kappa shape index (κ2) is 4.79. The van der Waals surface area contributed by atoms with Crippen molar-refractivity contribution >= 4 is 18.5 Å². The minimum atomic E-state index is -0.571. The van der Waals surface area contributed by atoms with Gasteiger partial charge in [-0.05, 0) is 50.9 Å². The number of aromatic hydroxyl groups is 1. The summed E-state index contributed by atoms with van der Waals surface area (Å²) < 4.78 is 11.8. The molecule has 1 fully saturated rings. The van der Waals surface area contributed by atoms with Crippen LogP contribution in [0.1, 0.15) is 33.3 Å². The van der Waals surface area contributed by atoms with E-state index in [2.05, 4.69) is 0 Å². The van der Waals surface area contributed by atoms with Crippen molar-refractivity contribution in [3.8, 4) is 5.75 Å². The summed E-state index contributed by atoms with van der Waals surface area (Å²) in [7, 11) is -0.571. The van der Waals surface area contributed by atoms with E-state index in [1.54, 1.807) is 12.1 Å². The van der Waals surface area contributed by atoms with E-state index in [0.29, 0.717) is 11.0 Å². The molecule has 3 N–H and O–H groups in total. The summed E-state index contributed by atoms with van der Waals surface area (Å²) in [6, 6.07) is 4.86. The molecule has 108 valence electrons. The number of rotatable bonds is 3. The Morgan fingerprint density at radius 3 is 2.25 bits per heavy atom. The Hall–Kier alpha value is -1.53. The van der Waals surface area contributed by atoms with Gasteiger partial charge in [-0.2, -0.15) is 0 Å². The highest BCUT2D eigenvalue weighted by molar-refractivity contribution is 6.62. The molecule has 5 nitrogen and oxygen atoms in total. The van der Waals surface area contributed by atoms with Gasteiger partial charge in [0.1, 0.15) is 5.75 Å². The Morgan fingerprint density at radius 1 is 1.20 bits per heavy atom. The molecule has 0 spiro atoms. The van der Waals surface area contributed by atoms with Crippen molar-refractivity contribution in [1.82, 2.24) is 0 Å². The standard InChI is InChI=1S/C14H20BNO4/c1-13(2)14(3,4)20-15(19-13)10-5-9(7-12(16)18)6-11(17)8-10/h5-6,8,17H,7H2,1-4H3,(H2,16,18). The fourth-order valence-electron chi connectivity index (χ4n) is 2.12. The maximum absolute atomic E-state index is 11.0. The van der Waals surface area contributed by atoms with Gasteiger partial charge in [-0.1, -0.05) is 6.07 Å². The SMILES string of the molecule is CC1(C)OB(c2cc(O)cc(CC(N)=O)c2)OC1(C)C. The number of phenols is 1. The molecule has 1 amide bonds. The maximum atomic E-state index is 11.0. The van der Waals surface area contributed by atoms with Crippen LogP contribution in [0.5, 0.6) is 5.75 Å². The van der Waals surface area contributed by atoms with E-state index in [9.17, 15) is 9.90 Å². The smallest absolute Gasteiger partial charge is 0.494 e. The molecule has 0 aliphatic carbocycles. The number of phenolic OH excluding ortho intramolecular Hbond substituents is 1. The predicted octanol–water partition coefficient (Wildman–Crippen LogP) is 0.719. The van der Waals surface area contributed by atoms with Crippen LogP contribution in [-0.4, -0.2) is 29.3 Å². The summed E-state index contributed by atoms with van der Waals surface area (Å²) in [4.78, 5) is 11.0. The zero-order valence-electron chi connectivity index (χ0n) is 12.3. The lowest BCUT2D eigenvalue weighted by molar-refractivity contribution is -0.117. The topological polar surface area (TPSA) is 81.8 Å². The van der Waals surface area contributed by atoms with E-state index in [-0.39, 0.29) is 12.2 Å². The molecule has 0 radical (unpaired) electrons. The second-order valence-electron chi connectivity index (χ2n) is 6.16. The highest BCUT2D eigenvalue weighted by Crippen LogP contribution is 2.36. The van der Waals surface area contributed by atoms with Gasteiger partial charge >= 0.3 is 7.12 Å². The van der Waals surface area contributed by atoms with Crippen LogP contribution < -0.4 is 11.2 Å². The molecule has 0 saturated carbocycles. The Morgan fingerprint density at radius 2 is 1.75 bits per heavy atom. The number of primary amides is 1. The molecule has 20 heavy (non-hydrogen) atoms. The van der Waals surface area contributed by atoms with Gasteiger partial charge < -0.3 is 20.1 Å². The average Bonchev–Trinajstić information content (AvgIpc) is 2.46. The van der Waals surface area contributed by atoms with Crippen LogP contribution in [0.3, 0.4) is 0 Å². The van der Waals surface area contributed by atoms with Crippen molar-refractivity contribution in [3.05, 3.63) is 23.8 Å². The van der Waals surface area contributed by atoms with E-state index in [1.165, 1.54) is 6.07 Å². The maximum Gasteiger partial charge on any atom is 0.494 e. The third kappa shape index (κ3) is 2.81. The first-order valence-electron chi connectivity index (χ1n) is 6.57. The molecule has 0 aromatic heterocycles. The first-order valence-corrected chi connectivity index (χ1v) is 6.57. The van der Waals surface area contributed by atoms with E-state index in [1.807, 2.05) is 27.7 Å². The first-order chi connectivity index (χ1) is 9.10. The summed E-state index contributed by atoms with van der Waals surface area (Å²) in [6.45, 7) is 7.83. The van der Waals surface area contributed by atoms with E-state index >= 15 is 0 Å². The molecule has 2 rings (SSSR count). The summed E-state index contributed by atoms with van der Waals surface area (Å²) >= 11 is 0. The normalized spacial score (nSPS) is 20.1. The Bertz CT molecular complexity index is 526. The second-order valence-corrected chi connectivity index (χ2v) is 6.16. The van der Waals surface area contributed by atoms with Gasteiger partial charge in [0.25, 0.3) is 0 Å². The fraction of sp³-hybridized carbons (Fsp3) is 0.500. The Balaban J connectivity index is 2.30. The lowest BCUT2D eigenvalue weighted by Gasteiger charge is -2.32. The Kier molecular flexibility index (Phi) is 3.56. The molecule has 1 aromatic carbocycles. The highest BCUT2D eigenvalue weighted by atomic mass is 16.7. The number of carbonyl (C=O) groups is 1. The fourth-order valence-corrected chi connectivity index (χ4v) is 2.12. The van der Waals surface area contributed by atoms with Crippen molar-refractivity contribution in [2.75, 3.05) is 0 Å². The zero-order valence-corrected chi connectivity index (χ0v) is 12.3. The monoisotopic (exact) mass is 277 g/mol. The lowest BCUT2D eigenvalue weighted by Crippen LogP contribution is -2.41. The van der Waals surface area contributed by atoms with Crippen LogP contribution in [0, 0.1) is 0 Å². The quantitative estimate of drug-likeness (QED) is 0.797. The van der Waals surface area contributed by atoms with Crippen LogP contribution in [0.4, 0.5) is 0 Å². The van der Waals surface area contributed by atoms with Crippen molar-refractivity contribution in [2.24, 2.45) is 5.73 Å². The summed E-state index contributed by atoms with van der Waals surface area (Å²) in [5.74, 6) is -0.385. The van der Waals surface area contributed by atoms with Crippen LogP contribution in [-0.2, 0) is 20.5 Å². The van der Waals surface area contributed by atoms with Crippen molar-refractivity contribution in [3.63, 3.8) is 0 Å². The predicted molar refractivity (Wildman–Crippen MR) is 76.7 cm³/mol. The summed E-state index contributed by atoms with van der Waals surface area (Å²) in [5, 5.41) is 9.76. The molecular formula is C14H20BNO4. The molecule has 1 aliphatic rings. The van der Waals surface area contributed by atoms with Crippen LogP contribution >= 0.6 is 0 Å². The van der Waals surface area contributed by atoms with Gasteiger partial charge in [-0.3, -0.25) is 4.79 Å². The number of carbonyl (C=O) groups excluding carboxylic acids is 1. The summed E-state index contributed by atoms with van der Waals surface area (Å²) in [5.41, 5.74) is 5.60. The third-order valence-corrected chi connectivity index (χ3v) is 3.90. The van der Waals surface area contributed by atoms with Crippen molar-refractivity contribution < 1.29 is 19.2 Å². The molecule has 6 heteroatoms. The Labute approximate surface area is 119 Å². The number of benzene rings is 1. The lowest BCUT2D eigenvalue weighted by atomic mass is 9.78. The first kappa shape index (κ1) is 14.9. The molecule has 0 atom stereocenters. The van der Waals surface area contributed by atoms with Gasteiger partial charge in [-0.15, -0.1) is 0 Å². The van der Waals surface area contributed by atoms with Gasteiger partial charge in [0, 0.05) is 0 Å². The van der Waals surface area contributed by atoms with Crippen LogP contribution in [0.15, 0.2) is 18.2 Å². The molecule has 0 unspecified atom stereocenters. The number of hydrogen-bond donors (Lipinski definition) is 2. The van der Waals surface area contributed by atoms with Crippen molar-refractivity contribution in [2.45, 2.75) is 45.3 Å². The van der Waals surface area contributed by atoms with Crippen molar-refractivity contribution in [1.29, 1.82) is 0 Å². The van der Waals surface area contributed by atoms with E-state index in [0.717, 1.165) is 0 Å².